The molecule has 0 unspecified atom stereocenters. The topological polar surface area (TPSA) is 109 Å². The molecule has 108 valence electrons. The quantitative estimate of drug-likeness (QED) is 0.666. The zero-order chi connectivity index (χ0) is 15.6. The number of hydrogen-bond acceptors (Lipinski definition) is 4. The molecule has 21 heavy (non-hydrogen) atoms. The fraction of sp³-hybridized carbons (Fsp3) is 0. The number of nitrogens with zero attached hydrogens (tertiary/aromatic N) is 1. The molecule has 0 atom stereocenters. The standard InChI is InChI=1S/C12H7Cl2N3O4/c13-7-3-1-2-6(9(7)14)4-5-8-10(17(20)21)11(18)16-12(19)15-8/h1-5H,(H2,15,16,18,19)/b5-4+. The van der Waals surface area contributed by atoms with Crippen LogP contribution in [-0.4, -0.2) is 14.9 Å². The summed E-state index contributed by atoms with van der Waals surface area (Å²) in [5, 5.41) is 11.4. The molecule has 7 nitrogen and oxygen atoms in total. The van der Waals surface area contributed by atoms with E-state index < -0.39 is 21.9 Å². The highest BCUT2D eigenvalue weighted by Gasteiger charge is 2.18. The van der Waals surface area contributed by atoms with E-state index in [1.807, 2.05) is 0 Å². The number of nitrogens with one attached hydrogen (secondary N) is 2. The van der Waals surface area contributed by atoms with Gasteiger partial charge in [0.25, 0.3) is 0 Å². The average Bonchev–Trinajstić information content (AvgIpc) is 2.39. The molecule has 0 saturated heterocycles. The van der Waals surface area contributed by atoms with Crippen LogP contribution < -0.4 is 11.2 Å². The van der Waals surface area contributed by atoms with E-state index >= 15 is 0 Å². The first kappa shape index (κ1) is 15.0. The Morgan fingerprint density at radius 1 is 1.14 bits per heavy atom. The zero-order valence-corrected chi connectivity index (χ0v) is 11.7. The van der Waals surface area contributed by atoms with E-state index in [0.29, 0.717) is 10.6 Å². The van der Waals surface area contributed by atoms with E-state index in [0.717, 1.165) is 0 Å². The Hall–Kier alpha value is -2.38. The van der Waals surface area contributed by atoms with Gasteiger partial charge >= 0.3 is 16.9 Å². The third-order valence-electron chi connectivity index (χ3n) is 2.54. The highest BCUT2D eigenvalue weighted by atomic mass is 35.5. The van der Waals surface area contributed by atoms with Crippen LogP contribution in [0.1, 0.15) is 11.3 Å². The van der Waals surface area contributed by atoms with Crippen molar-refractivity contribution in [2.75, 3.05) is 0 Å². The Labute approximate surface area is 127 Å². The first-order valence-corrected chi connectivity index (χ1v) is 6.29. The van der Waals surface area contributed by atoms with Crippen molar-refractivity contribution >= 4 is 41.0 Å². The lowest BCUT2D eigenvalue weighted by atomic mass is 10.2. The Morgan fingerprint density at radius 3 is 2.52 bits per heavy atom. The molecule has 0 radical (unpaired) electrons. The molecule has 0 bridgehead atoms. The molecule has 9 heteroatoms. The lowest BCUT2D eigenvalue weighted by Crippen LogP contribution is -2.25. The number of benzene rings is 1. The van der Waals surface area contributed by atoms with E-state index in [9.17, 15) is 19.7 Å². The third kappa shape index (κ3) is 3.21. The predicted octanol–water partition coefficient (Wildman–Crippen LogP) is 2.45. The van der Waals surface area contributed by atoms with Crippen LogP contribution in [0.15, 0.2) is 27.8 Å². The number of hydrogen-bond donors (Lipinski definition) is 2. The van der Waals surface area contributed by atoms with Gasteiger partial charge in [-0.1, -0.05) is 41.4 Å². The Morgan fingerprint density at radius 2 is 1.86 bits per heavy atom. The number of H-pyrrole nitrogens is 2. The van der Waals surface area contributed by atoms with Crippen molar-refractivity contribution in [2.45, 2.75) is 0 Å². The van der Waals surface area contributed by atoms with Crippen LogP contribution in [0.5, 0.6) is 0 Å². The molecule has 2 rings (SSSR count). The minimum Gasteiger partial charge on any atom is -0.301 e. The van der Waals surface area contributed by atoms with Gasteiger partial charge in [-0.2, -0.15) is 0 Å². The number of rotatable bonds is 3. The van der Waals surface area contributed by atoms with Gasteiger partial charge in [-0.05, 0) is 17.7 Å². The molecule has 0 fully saturated rings. The summed E-state index contributed by atoms with van der Waals surface area (Å²) < 4.78 is 0. The molecule has 2 aromatic rings. The molecule has 1 aromatic heterocycles. The van der Waals surface area contributed by atoms with Crippen LogP contribution in [0.4, 0.5) is 5.69 Å². The number of aromatic nitrogens is 2. The van der Waals surface area contributed by atoms with E-state index in [1.54, 1.807) is 23.2 Å². The summed E-state index contributed by atoms with van der Waals surface area (Å²) in [6.45, 7) is 0. The molecular weight excluding hydrogens is 321 g/mol. The first-order valence-electron chi connectivity index (χ1n) is 5.53. The molecule has 1 aromatic carbocycles. The fourth-order valence-corrected chi connectivity index (χ4v) is 1.99. The summed E-state index contributed by atoms with van der Waals surface area (Å²) in [5.41, 5.74) is -2.43. The van der Waals surface area contributed by atoms with E-state index in [-0.39, 0.29) is 10.7 Å². The highest BCUT2D eigenvalue weighted by molar-refractivity contribution is 6.42. The average molecular weight is 328 g/mol. The van der Waals surface area contributed by atoms with Crippen LogP contribution in [0, 0.1) is 10.1 Å². The maximum atomic E-state index is 11.4. The zero-order valence-electron chi connectivity index (χ0n) is 10.2. The third-order valence-corrected chi connectivity index (χ3v) is 3.37. The fourth-order valence-electron chi connectivity index (χ4n) is 1.62. The van der Waals surface area contributed by atoms with Crippen LogP contribution in [0.2, 0.25) is 10.0 Å². The second-order valence-electron chi connectivity index (χ2n) is 3.90. The van der Waals surface area contributed by atoms with Crippen molar-refractivity contribution < 1.29 is 4.92 Å². The molecule has 2 N–H and O–H groups in total. The molecule has 0 spiro atoms. The van der Waals surface area contributed by atoms with Crippen molar-refractivity contribution in [3.05, 3.63) is 70.5 Å². The van der Waals surface area contributed by atoms with Crippen molar-refractivity contribution in [3.8, 4) is 0 Å². The smallest absolute Gasteiger partial charge is 0.301 e. The second-order valence-corrected chi connectivity index (χ2v) is 4.69. The van der Waals surface area contributed by atoms with Gasteiger partial charge in [0.2, 0.25) is 0 Å². The van der Waals surface area contributed by atoms with Gasteiger partial charge in [0, 0.05) is 0 Å². The normalized spacial score (nSPS) is 11.0. The van der Waals surface area contributed by atoms with Crippen molar-refractivity contribution in [3.63, 3.8) is 0 Å². The van der Waals surface area contributed by atoms with Gasteiger partial charge in [0.15, 0.2) is 0 Å². The lowest BCUT2D eigenvalue weighted by Gasteiger charge is -2.00. The van der Waals surface area contributed by atoms with Crippen LogP contribution in [-0.2, 0) is 0 Å². The summed E-state index contributed by atoms with van der Waals surface area (Å²) in [7, 11) is 0. The molecule has 0 aliphatic carbocycles. The number of halogens is 2. The van der Waals surface area contributed by atoms with Crippen LogP contribution in [0.3, 0.4) is 0 Å². The summed E-state index contributed by atoms with van der Waals surface area (Å²) in [6.07, 6.45) is 2.62. The van der Waals surface area contributed by atoms with Gasteiger partial charge in [-0.15, -0.1) is 0 Å². The second kappa shape index (κ2) is 5.94. The minimum atomic E-state index is -1.08. The SMILES string of the molecule is O=c1[nH]c(/C=C/c2cccc(Cl)c2Cl)c([N+](=O)[O-])c(=O)[nH]1. The molecule has 0 aliphatic heterocycles. The maximum Gasteiger partial charge on any atom is 0.357 e. The largest absolute Gasteiger partial charge is 0.357 e. The van der Waals surface area contributed by atoms with E-state index in [2.05, 4.69) is 4.98 Å². The molecule has 0 aliphatic rings. The maximum absolute atomic E-state index is 11.4. The summed E-state index contributed by atoms with van der Waals surface area (Å²) in [5.74, 6) is 0. The monoisotopic (exact) mass is 327 g/mol. The Kier molecular flexibility index (Phi) is 4.25. The van der Waals surface area contributed by atoms with Crippen molar-refractivity contribution in [1.29, 1.82) is 0 Å². The van der Waals surface area contributed by atoms with Gasteiger partial charge in [0.05, 0.1) is 15.0 Å². The van der Waals surface area contributed by atoms with Gasteiger partial charge < -0.3 is 4.98 Å². The van der Waals surface area contributed by atoms with Gasteiger partial charge in [0.1, 0.15) is 5.69 Å². The lowest BCUT2D eigenvalue weighted by molar-refractivity contribution is -0.386. The number of nitro groups is 1. The van der Waals surface area contributed by atoms with E-state index in [1.165, 1.54) is 12.2 Å². The minimum absolute atomic E-state index is 0.232. The highest BCUT2D eigenvalue weighted by Crippen LogP contribution is 2.27. The van der Waals surface area contributed by atoms with Crippen LogP contribution >= 0.6 is 23.2 Å². The number of aromatic amines is 2. The molecule has 1 heterocycles. The van der Waals surface area contributed by atoms with Crippen molar-refractivity contribution in [2.24, 2.45) is 0 Å². The predicted molar refractivity (Wildman–Crippen MR) is 79.7 cm³/mol. The molecular formula is C12H7Cl2N3O4. The Bertz CT molecular complexity index is 854. The summed E-state index contributed by atoms with van der Waals surface area (Å²) in [6, 6.07) is 4.85. The van der Waals surface area contributed by atoms with Crippen molar-refractivity contribution in [1.82, 2.24) is 9.97 Å². The summed E-state index contributed by atoms with van der Waals surface area (Å²) >= 11 is 11.8. The first-order chi connectivity index (χ1) is 9.90. The summed E-state index contributed by atoms with van der Waals surface area (Å²) in [4.78, 5) is 36.6. The van der Waals surface area contributed by atoms with Gasteiger partial charge in [-0.3, -0.25) is 19.9 Å². The van der Waals surface area contributed by atoms with E-state index in [4.69, 9.17) is 23.2 Å². The molecule has 0 amide bonds. The Balaban J connectivity index is 2.56. The van der Waals surface area contributed by atoms with Gasteiger partial charge in [-0.25, -0.2) is 4.79 Å². The van der Waals surface area contributed by atoms with Crippen LogP contribution in [0.25, 0.3) is 12.2 Å². The molecule has 0 saturated carbocycles.